The van der Waals surface area contributed by atoms with Gasteiger partial charge in [-0.1, -0.05) is 12.1 Å². The Bertz CT molecular complexity index is 670. The maximum absolute atomic E-state index is 12.0. The van der Waals surface area contributed by atoms with Crippen LogP contribution in [-0.4, -0.2) is 35.0 Å². The van der Waals surface area contributed by atoms with E-state index in [4.69, 9.17) is 5.11 Å². The Hall–Kier alpha value is -2.90. The second kappa shape index (κ2) is 6.07. The smallest absolute Gasteiger partial charge is 0.322 e. The first-order chi connectivity index (χ1) is 10.7. The molecule has 4 amide bonds. The second-order valence-electron chi connectivity index (χ2n) is 5.58. The first kappa shape index (κ1) is 16.5. The van der Waals surface area contributed by atoms with Crippen LogP contribution in [0.4, 0.5) is 4.79 Å². The molecule has 0 spiro atoms. The van der Waals surface area contributed by atoms with Crippen molar-refractivity contribution in [1.82, 2.24) is 16.0 Å². The summed E-state index contributed by atoms with van der Waals surface area (Å²) in [6, 6.07) is 5.10. The SMILES string of the molecule is CC(CC(=O)O)NC(=O)c1ccc(C2(C)NC(=O)NC2=O)cc1. The monoisotopic (exact) mass is 319 g/mol. The first-order valence-electron chi connectivity index (χ1n) is 6.99. The van der Waals surface area contributed by atoms with Crippen LogP contribution in [0.3, 0.4) is 0 Å². The molecule has 1 heterocycles. The van der Waals surface area contributed by atoms with Crippen LogP contribution in [0.1, 0.15) is 36.2 Å². The molecule has 2 atom stereocenters. The number of imide groups is 1. The van der Waals surface area contributed by atoms with E-state index in [1.54, 1.807) is 26.0 Å². The number of benzene rings is 1. The Morgan fingerprint density at radius 1 is 1.26 bits per heavy atom. The van der Waals surface area contributed by atoms with Crippen molar-refractivity contribution in [3.05, 3.63) is 35.4 Å². The molecule has 122 valence electrons. The highest BCUT2D eigenvalue weighted by atomic mass is 16.4. The average molecular weight is 319 g/mol. The van der Waals surface area contributed by atoms with Gasteiger partial charge in [-0.2, -0.15) is 0 Å². The number of hydrogen-bond acceptors (Lipinski definition) is 4. The molecule has 8 nitrogen and oxygen atoms in total. The lowest BCUT2D eigenvalue weighted by Gasteiger charge is -2.21. The molecular weight excluding hydrogens is 302 g/mol. The van der Waals surface area contributed by atoms with Gasteiger partial charge in [0.25, 0.3) is 11.8 Å². The Balaban J connectivity index is 2.10. The number of urea groups is 1. The first-order valence-corrected chi connectivity index (χ1v) is 6.99. The standard InChI is InChI=1S/C15H17N3O5/c1-8(7-11(19)20)16-12(21)9-3-5-10(6-4-9)15(2)13(22)17-14(23)18-15/h3-6,8H,7H2,1-2H3,(H,16,21)(H,19,20)(H2,17,18,22,23). The largest absolute Gasteiger partial charge is 0.481 e. The predicted octanol–water partition coefficient (Wildman–Crippen LogP) is 0.334. The van der Waals surface area contributed by atoms with Crippen LogP contribution >= 0.6 is 0 Å². The van der Waals surface area contributed by atoms with E-state index in [-0.39, 0.29) is 6.42 Å². The van der Waals surface area contributed by atoms with Crippen molar-refractivity contribution in [2.24, 2.45) is 0 Å². The molecule has 1 aromatic carbocycles. The minimum absolute atomic E-state index is 0.173. The number of carboxylic acid groups (broad SMARTS) is 1. The fourth-order valence-corrected chi connectivity index (χ4v) is 2.32. The van der Waals surface area contributed by atoms with Crippen LogP contribution in [0.2, 0.25) is 0 Å². The van der Waals surface area contributed by atoms with E-state index in [0.717, 1.165) is 0 Å². The third-order valence-corrected chi connectivity index (χ3v) is 3.63. The van der Waals surface area contributed by atoms with Gasteiger partial charge in [-0.25, -0.2) is 4.79 Å². The summed E-state index contributed by atoms with van der Waals surface area (Å²) in [4.78, 5) is 45.7. The van der Waals surface area contributed by atoms with Crippen molar-refractivity contribution in [1.29, 1.82) is 0 Å². The molecule has 2 unspecified atom stereocenters. The number of aliphatic carboxylic acids is 1. The Morgan fingerprint density at radius 3 is 2.35 bits per heavy atom. The maximum Gasteiger partial charge on any atom is 0.322 e. The van der Waals surface area contributed by atoms with Crippen molar-refractivity contribution in [2.75, 3.05) is 0 Å². The zero-order chi connectivity index (χ0) is 17.2. The van der Waals surface area contributed by atoms with Crippen molar-refractivity contribution in [2.45, 2.75) is 31.8 Å². The van der Waals surface area contributed by atoms with Crippen LogP contribution in [0.25, 0.3) is 0 Å². The molecule has 4 N–H and O–H groups in total. The zero-order valence-corrected chi connectivity index (χ0v) is 12.7. The molecule has 2 rings (SSSR count). The maximum atomic E-state index is 12.0. The molecule has 1 aliphatic rings. The van der Waals surface area contributed by atoms with Crippen LogP contribution in [0.5, 0.6) is 0 Å². The van der Waals surface area contributed by atoms with Gasteiger partial charge < -0.3 is 15.7 Å². The van der Waals surface area contributed by atoms with Crippen LogP contribution in [0.15, 0.2) is 24.3 Å². The number of carboxylic acids is 1. The molecule has 0 aromatic heterocycles. The van der Waals surface area contributed by atoms with E-state index in [2.05, 4.69) is 16.0 Å². The topological polar surface area (TPSA) is 125 Å². The highest BCUT2D eigenvalue weighted by Crippen LogP contribution is 2.24. The molecule has 0 bridgehead atoms. The number of hydrogen-bond donors (Lipinski definition) is 4. The summed E-state index contributed by atoms with van der Waals surface area (Å²) in [5.41, 5.74) is -0.307. The van der Waals surface area contributed by atoms with Crippen molar-refractivity contribution >= 4 is 23.8 Å². The molecule has 1 fully saturated rings. The van der Waals surface area contributed by atoms with E-state index < -0.39 is 35.4 Å². The highest BCUT2D eigenvalue weighted by Gasteiger charge is 2.43. The van der Waals surface area contributed by atoms with Gasteiger partial charge in [-0.05, 0) is 31.5 Å². The number of carbonyl (C=O) groups is 4. The summed E-state index contributed by atoms with van der Waals surface area (Å²) in [6.45, 7) is 3.16. The summed E-state index contributed by atoms with van der Waals surface area (Å²) in [6.07, 6.45) is -0.173. The normalized spacial score (nSPS) is 21.3. The Morgan fingerprint density at radius 2 is 1.87 bits per heavy atom. The van der Waals surface area contributed by atoms with Crippen molar-refractivity contribution in [3.8, 4) is 0 Å². The van der Waals surface area contributed by atoms with E-state index in [1.807, 2.05) is 0 Å². The lowest BCUT2D eigenvalue weighted by atomic mass is 9.91. The Kier molecular flexibility index (Phi) is 4.35. The predicted molar refractivity (Wildman–Crippen MR) is 79.6 cm³/mol. The van der Waals surface area contributed by atoms with E-state index >= 15 is 0 Å². The van der Waals surface area contributed by atoms with Gasteiger partial charge in [0.1, 0.15) is 5.54 Å². The fraction of sp³-hybridized carbons (Fsp3) is 0.333. The van der Waals surface area contributed by atoms with Crippen LogP contribution in [0, 0.1) is 0 Å². The van der Waals surface area contributed by atoms with Crippen LogP contribution < -0.4 is 16.0 Å². The number of carbonyl (C=O) groups excluding carboxylic acids is 3. The minimum atomic E-state index is -1.18. The summed E-state index contributed by atoms with van der Waals surface area (Å²) >= 11 is 0. The van der Waals surface area contributed by atoms with Crippen molar-refractivity contribution in [3.63, 3.8) is 0 Å². The van der Waals surface area contributed by atoms with Gasteiger partial charge in [0, 0.05) is 11.6 Å². The van der Waals surface area contributed by atoms with E-state index in [1.165, 1.54) is 12.1 Å². The molecule has 1 aliphatic heterocycles. The summed E-state index contributed by atoms with van der Waals surface area (Å²) in [5, 5.41) is 15.9. The van der Waals surface area contributed by atoms with Gasteiger partial charge in [-0.15, -0.1) is 0 Å². The minimum Gasteiger partial charge on any atom is -0.481 e. The molecule has 23 heavy (non-hydrogen) atoms. The summed E-state index contributed by atoms with van der Waals surface area (Å²) in [5.74, 6) is -1.87. The molecule has 1 aromatic rings. The van der Waals surface area contributed by atoms with Gasteiger partial charge in [-0.3, -0.25) is 19.7 Å². The van der Waals surface area contributed by atoms with Crippen LogP contribution in [-0.2, 0) is 15.1 Å². The fourth-order valence-electron chi connectivity index (χ4n) is 2.32. The zero-order valence-electron chi connectivity index (χ0n) is 12.7. The van der Waals surface area contributed by atoms with Crippen molar-refractivity contribution < 1.29 is 24.3 Å². The average Bonchev–Trinajstić information content (AvgIpc) is 2.72. The number of nitrogens with one attached hydrogen (secondary N) is 3. The third kappa shape index (κ3) is 3.47. The lowest BCUT2D eigenvalue weighted by molar-refractivity contribution is -0.137. The van der Waals surface area contributed by atoms with Gasteiger partial charge in [0.15, 0.2) is 0 Å². The Labute approximate surface area is 132 Å². The van der Waals surface area contributed by atoms with Gasteiger partial charge in [0.2, 0.25) is 0 Å². The lowest BCUT2D eigenvalue weighted by Crippen LogP contribution is -2.40. The molecule has 0 aliphatic carbocycles. The summed E-state index contributed by atoms with van der Waals surface area (Å²) in [7, 11) is 0. The molecule has 0 saturated carbocycles. The number of rotatable bonds is 5. The summed E-state index contributed by atoms with van der Waals surface area (Å²) < 4.78 is 0. The van der Waals surface area contributed by atoms with E-state index in [9.17, 15) is 19.2 Å². The highest BCUT2D eigenvalue weighted by molar-refractivity contribution is 6.07. The van der Waals surface area contributed by atoms with Gasteiger partial charge in [0.05, 0.1) is 6.42 Å². The van der Waals surface area contributed by atoms with E-state index in [0.29, 0.717) is 11.1 Å². The van der Waals surface area contributed by atoms with Gasteiger partial charge >= 0.3 is 12.0 Å². The second-order valence-corrected chi connectivity index (χ2v) is 5.58. The third-order valence-electron chi connectivity index (χ3n) is 3.63. The number of amides is 4. The molecular formula is C15H17N3O5. The molecule has 0 radical (unpaired) electrons. The molecule has 8 heteroatoms. The quantitative estimate of drug-likeness (QED) is 0.582. The molecule has 1 saturated heterocycles.